The number of nitrogens with zero attached hydrogens (tertiary/aromatic N) is 4. The second kappa shape index (κ2) is 8.69. The molecular formula is C20H24N4O4S. The molecule has 1 aliphatic rings. The third kappa shape index (κ3) is 5.38. The van der Waals surface area contributed by atoms with E-state index in [1.165, 1.54) is 0 Å². The fourth-order valence-corrected chi connectivity index (χ4v) is 3.93. The summed E-state index contributed by atoms with van der Waals surface area (Å²) in [6.07, 6.45) is 3.40. The van der Waals surface area contributed by atoms with Crippen LogP contribution < -0.4 is 4.90 Å². The number of anilines is 1. The Kier molecular flexibility index (Phi) is 6.26. The first-order chi connectivity index (χ1) is 13.7. The highest BCUT2D eigenvalue weighted by Crippen LogP contribution is 2.17. The van der Waals surface area contributed by atoms with Crippen LogP contribution in [0.1, 0.15) is 28.2 Å². The summed E-state index contributed by atoms with van der Waals surface area (Å²) in [6, 6.07) is 8.76. The first-order valence-corrected chi connectivity index (χ1v) is 11.4. The molecule has 0 bridgehead atoms. The molecule has 9 heteroatoms. The minimum Gasteiger partial charge on any atom is -0.355 e. The monoisotopic (exact) mass is 416 g/mol. The summed E-state index contributed by atoms with van der Waals surface area (Å²) in [5, 5.41) is 0. The molecule has 0 radical (unpaired) electrons. The number of sulfone groups is 1. The van der Waals surface area contributed by atoms with E-state index in [-0.39, 0.29) is 11.7 Å². The van der Waals surface area contributed by atoms with Gasteiger partial charge in [-0.25, -0.2) is 13.4 Å². The van der Waals surface area contributed by atoms with Gasteiger partial charge in [0.25, 0.3) is 0 Å². The normalized spacial score (nSPS) is 15.1. The van der Waals surface area contributed by atoms with Crippen LogP contribution >= 0.6 is 0 Å². The molecule has 0 atom stereocenters. The number of aromatic nitrogens is 2. The number of hydrogen-bond acceptors (Lipinski definition) is 7. The predicted molar refractivity (Wildman–Crippen MR) is 110 cm³/mol. The van der Waals surface area contributed by atoms with E-state index in [0.717, 1.165) is 6.26 Å². The Morgan fingerprint density at radius 2 is 1.86 bits per heavy atom. The van der Waals surface area contributed by atoms with Crippen LogP contribution in [0.25, 0.3) is 0 Å². The van der Waals surface area contributed by atoms with E-state index in [4.69, 9.17) is 0 Å². The molecule has 1 aliphatic heterocycles. The van der Waals surface area contributed by atoms with Gasteiger partial charge in [-0.3, -0.25) is 14.6 Å². The predicted octanol–water partition coefficient (Wildman–Crippen LogP) is 1.10. The molecule has 0 N–H and O–H groups in total. The number of rotatable bonds is 5. The van der Waals surface area contributed by atoms with Gasteiger partial charge in [0.05, 0.1) is 0 Å². The summed E-state index contributed by atoms with van der Waals surface area (Å²) in [6.45, 7) is 3.88. The Bertz CT molecular complexity index is 1020. The Morgan fingerprint density at radius 1 is 1.07 bits per heavy atom. The molecule has 1 fully saturated rings. The van der Waals surface area contributed by atoms with Crippen LogP contribution in [0.15, 0.2) is 36.5 Å². The molecule has 0 spiro atoms. The third-order valence-corrected chi connectivity index (χ3v) is 5.55. The number of pyridine rings is 2. The summed E-state index contributed by atoms with van der Waals surface area (Å²) in [4.78, 5) is 37.3. The molecule has 154 valence electrons. The Labute approximate surface area is 170 Å². The topological polar surface area (TPSA) is 101 Å². The van der Waals surface area contributed by atoms with Crippen molar-refractivity contribution >= 4 is 27.3 Å². The van der Waals surface area contributed by atoms with Gasteiger partial charge >= 0.3 is 0 Å². The summed E-state index contributed by atoms with van der Waals surface area (Å²) in [5.74, 6) is -0.370. The number of ketones is 1. The summed E-state index contributed by atoms with van der Waals surface area (Å²) in [7, 11) is -3.36. The van der Waals surface area contributed by atoms with Crippen molar-refractivity contribution < 1.29 is 18.0 Å². The highest BCUT2D eigenvalue weighted by Gasteiger charge is 2.23. The van der Waals surface area contributed by atoms with Crippen LogP contribution in [0, 0.1) is 6.92 Å². The Balaban J connectivity index is 1.73. The second-order valence-corrected chi connectivity index (χ2v) is 9.28. The van der Waals surface area contributed by atoms with Crippen LogP contribution in [0.5, 0.6) is 0 Å². The second-order valence-electron chi connectivity index (χ2n) is 7.14. The largest absolute Gasteiger partial charge is 0.355 e. The number of aryl methyl sites for hydroxylation is 1. The maximum absolute atomic E-state index is 12.8. The first-order valence-electron chi connectivity index (χ1n) is 9.38. The molecule has 2 aromatic heterocycles. The van der Waals surface area contributed by atoms with Crippen molar-refractivity contribution in [2.45, 2.75) is 13.3 Å². The molecule has 29 heavy (non-hydrogen) atoms. The standard InChI is InChI=1S/C20H24N4O4S/c1-15-16(6-4-9-21-15)20(26)17-7-3-8-18(22-17)23-10-5-11-24(13-12-23)19(25)14-29(2,27)28/h3-4,6-9H,5,10-14H2,1-2H3. The summed E-state index contributed by atoms with van der Waals surface area (Å²) >= 11 is 0. The lowest BCUT2D eigenvalue weighted by atomic mass is 10.1. The highest BCUT2D eigenvalue weighted by atomic mass is 32.2. The third-order valence-electron chi connectivity index (χ3n) is 4.78. The fourth-order valence-electron chi connectivity index (χ4n) is 3.30. The lowest BCUT2D eigenvalue weighted by Crippen LogP contribution is -2.38. The van der Waals surface area contributed by atoms with Crippen molar-refractivity contribution in [2.24, 2.45) is 0 Å². The molecule has 0 unspecified atom stereocenters. The van der Waals surface area contributed by atoms with E-state index in [2.05, 4.69) is 9.97 Å². The molecule has 1 amide bonds. The minimum atomic E-state index is -3.36. The van der Waals surface area contributed by atoms with Crippen molar-refractivity contribution in [1.29, 1.82) is 0 Å². The quantitative estimate of drug-likeness (QED) is 0.673. The van der Waals surface area contributed by atoms with Gasteiger partial charge in [0.15, 0.2) is 9.84 Å². The van der Waals surface area contributed by atoms with Gasteiger partial charge in [0.1, 0.15) is 17.3 Å². The lowest BCUT2D eigenvalue weighted by molar-refractivity contribution is -0.128. The van der Waals surface area contributed by atoms with Crippen LogP contribution in [0.2, 0.25) is 0 Å². The van der Waals surface area contributed by atoms with Gasteiger partial charge in [0, 0.05) is 49.9 Å². The molecule has 0 saturated carbocycles. The molecule has 2 aromatic rings. The van der Waals surface area contributed by atoms with Crippen molar-refractivity contribution in [3.8, 4) is 0 Å². The first kappa shape index (κ1) is 20.9. The number of carbonyl (C=O) groups is 2. The number of carbonyl (C=O) groups excluding carboxylic acids is 2. The van der Waals surface area contributed by atoms with Gasteiger partial charge < -0.3 is 9.80 Å². The van der Waals surface area contributed by atoms with Gasteiger partial charge in [-0.1, -0.05) is 6.07 Å². The minimum absolute atomic E-state index is 0.183. The average molecular weight is 417 g/mol. The summed E-state index contributed by atoms with van der Waals surface area (Å²) in [5.41, 5.74) is 1.51. The molecule has 8 nitrogen and oxygen atoms in total. The van der Waals surface area contributed by atoms with Crippen molar-refractivity contribution in [2.75, 3.05) is 43.1 Å². The molecule has 3 rings (SSSR count). The Morgan fingerprint density at radius 3 is 2.59 bits per heavy atom. The zero-order valence-electron chi connectivity index (χ0n) is 16.5. The average Bonchev–Trinajstić information content (AvgIpc) is 2.93. The van der Waals surface area contributed by atoms with Crippen LogP contribution in [-0.4, -0.2) is 73.2 Å². The zero-order valence-corrected chi connectivity index (χ0v) is 17.4. The van der Waals surface area contributed by atoms with Gasteiger partial charge in [-0.2, -0.15) is 0 Å². The molecule has 0 aliphatic carbocycles. The van der Waals surface area contributed by atoms with Crippen molar-refractivity contribution in [3.05, 3.63) is 53.5 Å². The van der Waals surface area contributed by atoms with Crippen LogP contribution in [-0.2, 0) is 14.6 Å². The Hall–Kier alpha value is -2.81. The smallest absolute Gasteiger partial charge is 0.237 e. The lowest BCUT2D eigenvalue weighted by Gasteiger charge is -2.23. The fraction of sp³-hybridized carbons (Fsp3) is 0.400. The van der Waals surface area contributed by atoms with E-state index >= 15 is 0 Å². The van der Waals surface area contributed by atoms with Crippen LogP contribution in [0.4, 0.5) is 5.82 Å². The van der Waals surface area contributed by atoms with E-state index in [1.54, 1.807) is 42.3 Å². The SMILES string of the molecule is Cc1ncccc1C(=O)c1cccc(N2CCCN(C(=O)CS(C)(=O)=O)CC2)n1. The van der Waals surface area contributed by atoms with Crippen molar-refractivity contribution in [3.63, 3.8) is 0 Å². The van der Waals surface area contributed by atoms with Crippen molar-refractivity contribution in [1.82, 2.24) is 14.9 Å². The van der Waals surface area contributed by atoms with E-state index in [0.29, 0.717) is 55.4 Å². The van der Waals surface area contributed by atoms with Crippen LogP contribution in [0.3, 0.4) is 0 Å². The number of hydrogen-bond donors (Lipinski definition) is 0. The van der Waals surface area contributed by atoms with Gasteiger partial charge in [-0.15, -0.1) is 0 Å². The molecule has 3 heterocycles. The molecule has 0 aromatic carbocycles. The highest BCUT2D eigenvalue weighted by molar-refractivity contribution is 7.91. The molecular weight excluding hydrogens is 392 g/mol. The maximum Gasteiger partial charge on any atom is 0.237 e. The zero-order chi connectivity index (χ0) is 21.0. The van der Waals surface area contributed by atoms with E-state index in [1.807, 2.05) is 11.0 Å². The summed E-state index contributed by atoms with van der Waals surface area (Å²) < 4.78 is 22.8. The maximum atomic E-state index is 12.8. The van der Waals surface area contributed by atoms with Gasteiger partial charge in [0.2, 0.25) is 11.7 Å². The number of amides is 1. The van der Waals surface area contributed by atoms with E-state index in [9.17, 15) is 18.0 Å². The van der Waals surface area contributed by atoms with Gasteiger partial charge in [-0.05, 0) is 37.6 Å². The van der Waals surface area contributed by atoms with E-state index < -0.39 is 15.6 Å². The molecule has 1 saturated heterocycles.